The number of methoxy groups -OCH3 is 1. The highest BCUT2D eigenvalue weighted by molar-refractivity contribution is 5.95. The molecule has 0 spiro atoms. The van der Waals surface area contributed by atoms with E-state index < -0.39 is 6.03 Å². The van der Waals surface area contributed by atoms with Crippen LogP contribution in [0.2, 0.25) is 0 Å². The molecule has 0 saturated carbocycles. The van der Waals surface area contributed by atoms with E-state index in [1.54, 1.807) is 31.4 Å². The first-order valence-electron chi connectivity index (χ1n) is 5.65. The molecule has 0 aliphatic carbocycles. The first-order valence-corrected chi connectivity index (χ1v) is 5.65. The summed E-state index contributed by atoms with van der Waals surface area (Å²) in [5, 5.41) is 2.57. The van der Waals surface area contributed by atoms with Crippen molar-refractivity contribution in [3.05, 3.63) is 29.8 Å². The van der Waals surface area contributed by atoms with Gasteiger partial charge in [-0.15, -0.1) is 0 Å². The molecule has 0 aliphatic rings. The normalized spacial score (nSPS) is 9.44. The van der Waals surface area contributed by atoms with Crippen LogP contribution in [-0.4, -0.2) is 25.6 Å². The third-order valence-corrected chi connectivity index (χ3v) is 2.18. The molecule has 6 heteroatoms. The number of carbonyl (C=O) groups excluding carboxylic acids is 2. The van der Waals surface area contributed by atoms with E-state index in [2.05, 4.69) is 16.2 Å². The second-order valence-corrected chi connectivity index (χ2v) is 3.56. The highest BCUT2D eigenvalue weighted by Crippen LogP contribution is 2.10. The Hall–Kier alpha value is -2.24. The largest absolute Gasteiger partial charge is 0.497 e. The Morgan fingerprint density at radius 1 is 1.17 bits per heavy atom. The van der Waals surface area contributed by atoms with Crippen LogP contribution in [0, 0.1) is 0 Å². The van der Waals surface area contributed by atoms with Gasteiger partial charge in [-0.25, -0.2) is 10.2 Å². The molecule has 0 bridgehead atoms. The molecule has 0 saturated heterocycles. The summed E-state index contributed by atoms with van der Waals surface area (Å²) in [6.07, 6.45) is 0.833. The SMILES string of the molecule is CCCNC(=O)NNC(=O)c1ccc(OC)cc1. The average molecular weight is 251 g/mol. The van der Waals surface area contributed by atoms with Crippen LogP contribution in [0.15, 0.2) is 24.3 Å². The molecule has 18 heavy (non-hydrogen) atoms. The minimum absolute atomic E-state index is 0.385. The van der Waals surface area contributed by atoms with Crippen LogP contribution in [-0.2, 0) is 0 Å². The lowest BCUT2D eigenvalue weighted by Gasteiger charge is -2.08. The molecule has 1 rings (SSSR count). The van der Waals surface area contributed by atoms with E-state index in [4.69, 9.17) is 4.74 Å². The van der Waals surface area contributed by atoms with Gasteiger partial charge in [0.15, 0.2) is 0 Å². The van der Waals surface area contributed by atoms with Crippen LogP contribution < -0.4 is 20.9 Å². The summed E-state index contributed by atoms with van der Waals surface area (Å²) in [5.74, 6) is 0.282. The van der Waals surface area contributed by atoms with Gasteiger partial charge in [0.2, 0.25) is 0 Å². The van der Waals surface area contributed by atoms with Gasteiger partial charge in [-0.2, -0.15) is 0 Å². The Morgan fingerprint density at radius 3 is 2.39 bits per heavy atom. The lowest BCUT2D eigenvalue weighted by molar-refractivity contribution is 0.0936. The van der Waals surface area contributed by atoms with E-state index in [9.17, 15) is 9.59 Å². The first kappa shape index (κ1) is 13.8. The summed E-state index contributed by atoms with van der Waals surface area (Å²) in [5.41, 5.74) is 5.00. The van der Waals surface area contributed by atoms with Crippen molar-refractivity contribution in [3.8, 4) is 5.75 Å². The fraction of sp³-hybridized carbons (Fsp3) is 0.333. The number of amides is 3. The van der Waals surface area contributed by atoms with Gasteiger partial charge in [0.1, 0.15) is 5.75 Å². The molecular formula is C12H17N3O3. The molecule has 98 valence electrons. The number of hydrogen-bond acceptors (Lipinski definition) is 3. The number of benzene rings is 1. The fourth-order valence-corrected chi connectivity index (χ4v) is 1.21. The van der Waals surface area contributed by atoms with E-state index in [1.165, 1.54) is 0 Å². The number of nitrogens with one attached hydrogen (secondary N) is 3. The predicted molar refractivity (Wildman–Crippen MR) is 67.3 cm³/mol. The molecule has 0 aliphatic heterocycles. The van der Waals surface area contributed by atoms with E-state index in [0.29, 0.717) is 17.9 Å². The Kier molecular flexibility index (Phi) is 5.50. The van der Waals surface area contributed by atoms with Crippen LogP contribution in [0.4, 0.5) is 4.79 Å². The smallest absolute Gasteiger partial charge is 0.333 e. The quantitative estimate of drug-likeness (QED) is 0.700. The zero-order chi connectivity index (χ0) is 13.4. The molecule has 0 atom stereocenters. The maximum atomic E-state index is 11.6. The molecule has 0 aromatic heterocycles. The van der Waals surface area contributed by atoms with Gasteiger partial charge in [-0.1, -0.05) is 6.92 Å². The minimum atomic E-state index is -0.432. The Labute approximate surface area is 106 Å². The fourth-order valence-electron chi connectivity index (χ4n) is 1.21. The molecule has 1 aromatic rings. The standard InChI is InChI=1S/C12H17N3O3/c1-3-8-13-12(17)15-14-11(16)9-4-6-10(18-2)7-5-9/h4-7H,3,8H2,1-2H3,(H,14,16)(H2,13,15,17). The monoisotopic (exact) mass is 251 g/mol. The molecule has 0 unspecified atom stereocenters. The van der Waals surface area contributed by atoms with Crippen LogP contribution in [0.25, 0.3) is 0 Å². The zero-order valence-electron chi connectivity index (χ0n) is 10.4. The van der Waals surface area contributed by atoms with Crippen LogP contribution in [0.5, 0.6) is 5.75 Å². The molecule has 0 radical (unpaired) electrons. The summed E-state index contributed by atoms with van der Waals surface area (Å²) in [4.78, 5) is 22.8. The van der Waals surface area contributed by atoms with Crippen molar-refractivity contribution < 1.29 is 14.3 Å². The van der Waals surface area contributed by atoms with Crippen molar-refractivity contribution in [1.82, 2.24) is 16.2 Å². The van der Waals surface area contributed by atoms with Gasteiger partial charge < -0.3 is 10.1 Å². The van der Waals surface area contributed by atoms with E-state index in [0.717, 1.165) is 6.42 Å². The number of carbonyl (C=O) groups is 2. The van der Waals surface area contributed by atoms with Crippen molar-refractivity contribution >= 4 is 11.9 Å². The summed E-state index contributed by atoms with van der Waals surface area (Å²) >= 11 is 0. The third-order valence-electron chi connectivity index (χ3n) is 2.18. The van der Waals surface area contributed by atoms with Crippen LogP contribution in [0.3, 0.4) is 0 Å². The molecule has 3 N–H and O–H groups in total. The molecular weight excluding hydrogens is 234 g/mol. The summed E-state index contributed by atoms with van der Waals surface area (Å²) in [7, 11) is 1.55. The third kappa shape index (κ3) is 4.32. The van der Waals surface area contributed by atoms with E-state index >= 15 is 0 Å². The van der Waals surface area contributed by atoms with Gasteiger partial charge in [-0.3, -0.25) is 10.2 Å². The lowest BCUT2D eigenvalue weighted by Crippen LogP contribution is -2.47. The summed E-state index contributed by atoms with van der Waals surface area (Å²) < 4.78 is 4.98. The van der Waals surface area contributed by atoms with Gasteiger partial charge in [0.25, 0.3) is 5.91 Å². The number of urea groups is 1. The van der Waals surface area contributed by atoms with Gasteiger partial charge in [-0.05, 0) is 30.7 Å². The summed E-state index contributed by atoms with van der Waals surface area (Å²) in [6.45, 7) is 2.50. The number of ether oxygens (including phenoxy) is 1. The number of hydrazine groups is 1. The first-order chi connectivity index (χ1) is 8.67. The Balaban J connectivity index is 2.42. The van der Waals surface area contributed by atoms with Gasteiger partial charge in [0, 0.05) is 12.1 Å². The van der Waals surface area contributed by atoms with Crippen molar-refractivity contribution in [1.29, 1.82) is 0 Å². The lowest BCUT2D eigenvalue weighted by atomic mass is 10.2. The summed E-state index contributed by atoms with van der Waals surface area (Å²) in [6, 6.07) is 6.14. The van der Waals surface area contributed by atoms with Crippen LogP contribution >= 0.6 is 0 Å². The molecule has 6 nitrogen and oxygen atoms in total. The van der Waals surface area contributed by atoms with E-state index in [1.807, 2.05) is 6.92 Å². The molecule has 1 aromatic carbocycles. The predicted octanol–water partition coefficient (Wildman–Crippen LogP) is 1.05. The maximum Gasteiger partial charge on any atom is 0.333 e. The van der Waals surface area contributed by atoms with Crippen molar-refractivity contribution in [2.75, 3.05) is 13.7 Å². The Bertz CT molecular complexity index is 404. The topological polar surface area (TPSA) is 79.5 Å². The van der Waals surface area contributed by atoms with Gasteiger partial charge >= 0.3 is 6.03 Å². The highest BCUT2D eigenvalue weighted by Gasteiger charge is 2.06. The Morgan fingerprint density at radius 2 is 1.83 bits per heavy atom. The highest BCUT2D eigenvalue weighted by atomic mass is 16.5. The zero-order valence-corrected chi connectivity index (χ0v) is 10.4. The second kappa shape index (κ2) is 7.16. The van der Waals surface area contributed by atoms with Crippen molar-refractivity contribution in [3.63, 3.8) is 0 Å². The number of hydrogen-bond donors (Lipinski definition) is 3. The average Bonchev–Trinajstić information content (AvgIpc) is 2.42. The van der Waals surface area contributed by atoms with E-state index in [-0.39, 0.29) is 5.91 Å². The molecule has 0 heterocycles. The molecule has 3 amide bonds. The van der Waals surface area contributed by atoms with Gasteiger partial charge in [0.05, 0.1) is 7.11 Å². The minimum Gasteiger partial charge on any atom is -0.497 e. The second-order valence-electron chi connectivity index (χ2n) is 3.56. The van der Waals surface area contributed by atoms with Crippen LogP contribution in [0.1, 0.15) is 23.7 Å². The van der Waals surface area contributed by atoms with Crippen molar-refractivity contribution in [2.45, 2.75) is 13.3 Å². The molecule has 0 fully saturated rings. The maximum absolute atomic E-state index is 11.6. The van der Waals surface area contributed by atoms with Crippen molar-refractivity contribution in [2.24, 2.45) is 0 Å². The number of rotatable bonds is 4.